The summed E-state index contributed by atoms with van der Waals surface area (Å²) in [5.41, 5.74) is -1.06. The molecule has 1 aromatic rings. The normalized spacial score (nSPS) is 11.8. The SMILES string of the molecule is CC(C)C[C@H](NC(=O)c1cc(F)c(F)c(F)c1F)C(=O)NCC#N. The third-order valence-electron chi connectivity index (χ3n) is 3.02. The Morgan fingerprint density at radius 2 is 1.79 bits per heavy atom. The van der Waals surface area contributed by atoms with Crippen LogP contribution in [0, 0.1) is 40.5 Å². The molecule has 0 aromatic heterocycles. The van der Waals surface area contributed by atoms with Gasteiger partial charge in [0.25, 0.3) is 5.91 Å². The van der Waals surface area contributed by atoms with Crippen molar-refractivity contribution in [1.82, 2.24) is 10.6 Å². The fraction of sp³-hybridized carbons (Fsp3) is 0.400. The first-order chi connectivity index (χ1) is 11.2. The number of nitrogens with one attached hydrogen (secondary N) is 2. The van der Waals surface area contributed by atoms with Crippen LogP contribution in [0.25, 0.3) is 0 Å². The number of hydrogen-bond donors (Lipinski definition) is 2. The monoisotopic (exact) mass is 345 g/mol. The average Bonchev–Trinajstić information content (AvgIpc) is 2.52. The summed E-state index contributed by atoms with van der Waals surface area (Å²) in [5, 5.41) is 12.8. The van der Waals surface area contributed by atoms with Gasteiger partial charge in [-0.2, -0.15) is 5.26 Å². The summed E-state index contributed by atoms with van der Waals surface area (Å²) in [6, 6.07) is 0.736. The predicted octanol–water partition coefficient (Wildman–Crippen LogP) is 2.03. The first kappa shape index (κ1) is 19.4. The molecule has 24 heavy (non-hydrogen) atoms. The maximum atomic E-state index is 13.6. The summed E-state index contributed by atoms with van der Waals surface area (Å²) < 4.78 is 52.9. The van der Waals surface area contributed by atoms with Gasteiger partial charge in [-0.15, -0.1) is 0 Å². The van der Waals surface area contributed by atoms with Gasteiger partial charge in [0.2, 0.25) is 5.91 Å². The van der Waals surface area contributed by atoms with Crippen molar-refractivity contribution in [3.05, 3.63) is 34.9 Å². The molecule has 1 aromatic carbocycles. The van der Waals surface area contributed by atoms with Crippen LogP contribution in [0.15, 0.2) is 6.07 Å². The van der Waals surface area contributed by atoms with Gasteiger partial charge in [-0.3, -0.25) is 9.59 Å². The molecule has 0 fully saturated rings. The minimum Gasteiger partial charge on any atom is -0.341 e. The smallest absolute Gasteiger partial charge is 0.255 e. The lowest BCUT2D eigenvalue weighted by atomic mass is 10.0. The van der Waals surface area contributed by atoms with Gasteiger partial charge in [0, 0.05) is 0 Å². The third kappa shape index (κ3) is 4.68. The largest absolute Gasteiger partial charge is 0.341 e. The van der Waals surface area contributed by atoms with E-state index in [0.29, 0.717) is 0 Å². The average molecular weight is 345 g/mol. The predicted molar refractivity (Wildman–Crippen MR) is 75.6 cm³/mol. The molecular weight excluding hydrogens is 330 g/mol. The second-order valence-corrected chi connectivity index (χ2v) is 5.38. The molecule has 0 spiro atoms. The Hall–Kier alpha value is -2.63. The molecule has 1 atom stereocenters. The van der Waals surface area contributed by atoms with Gasteiger partial charge in [0.15, 0.2) is 23.3 Å². The number of halogens is 4. The Morgan fingerprint density at radius 1 is 1.17 bits per heavy atom. The summed E-state index contributed by atoms with van der Waals surface area (Å²) in [7, 11) is 0. The number of amides is 2. The number of nitrogens with zero attached hydrogens (tertiary/aromatic N) is 1. The van der Waals surface area contributed by atoms with Crippen LogP contribution in [0.5, 0.6) is 0 Å². The molecule has 5 nitrogen and oxygen atoms in total. The molecule has 0 aliphatic heterocycles. The third-order valence-corrected chi connectivity index (χ3v) is 3.02. The summed E-state index contributed by atoms with van der Waals surface area (Å²) in [6.45, 7) is 3.18. The Morgan fingerprint density at radius 3 is 2.33 bits per heavy atom. The Kier molecular flexibility index (Phi) is 6.70. The highest BCUT2D eigenvalue weighted by Crippen LogP contribution is 2.19. The van der Waals surface area contributed by atoms with Crippen molar-refractivity contribution >= 4 is 11.8 Å². The highest BCUT2D eigenvalue weighted by atomic mass is 19.2. The number of carbonyl (C=O) groups is 2. The summed E-state index contributed by atoms with van der Waals surface area (Å²) in [4.78, 5) is 23.9. The second kappa shape index (κ2) is 8.29. The van der Waals surface area contributed by atoms with E-state index in [0.717, 1.165) is 0 Å². The molecule has 1 rings (SSSR count). The zero-order valence-electron chi connectivity index (χ0n) is 12.9. The van der Waals surface area contributed by atoms with Crippen LogP contribution in [0.4, 0.5) is 17.6 Å². The van der Waals surface area contributed by atoms with Gasteiger partial charge in [-0.05, 0) is 18.4 Å². The van der Waals surface area contributed by atoms with E-state index in [-0.39, 0.29) is 24.9 Å². The van der Waals surface area contributed by atoms with Crippen molar-refractivity contribution in [3.63, 3.8) is 0 Å². The van der Waals surface area contributed by atoms with Gasteiger partial charge in [-0.25, -0.2) is 17.6 Å². The molecule has 0 radical (unpaired) electrons. The van der Waals surface area contributed by atoms with Gasteiger partial charge in [-0.1, -0.05) is 13.8 Å². The van der Waals surface area contributed by atoms with Crippen LogP contribution < -0.4 is 10.6 Å². The molecule has 0 aliphatic carbocycles. The molecule has 0 heterocycles. The standard InChI is InChI=1S/C15H15F4N3O2/c1-7(2)5-10(15(24)21-4-3-20)22-14(23)8-6-9(16)12(18)13(19)11(8)17/h6-7,10H,4-5H2,1-2H3,(H,21,24)(H,22,23)/t10-/m0/s1. The molecule has 9 heteroatoms. The number of carbonyl (C=O) groups excluding carboxylic acids is 2. The van der Waals surface area contributed by atoms with E-state index in [2.05, 4.69) is 10.6 Å². The fourth-order valence-corrected chi connectivity index (χ4v) is 1.93. The molecule has 0 aliphatic rings. The highest BCUT2D eigenvalue weighted by Gasteiger charge is 2.27. The van der Waals surface area contributed by atoms with Crippen LogP contribution in [-0.4, -0.2) is 24.4 Å². The van der Waals surface area contributed by atoms with E-state index in [1.165, 1.54) is 0 Å². The highest BCUT2D eigenvalue weighted by molar-refractivity contribution is 5.97. The molecule has 0 unspecified atom stereocenters. The van der Waals surface area contributed by atoms with Crippen LogP contribution in [0.2, 0.25) is 0 Å². The van der Waals surface area contributed by atoms with Crippen molar-refractivity contribution < 1.29 is 27.2 Å². The summed E-state index contributed by atoms with van der Waals surface area (Å²) in [6.07, 6.45) is 0.136. The van der Waals surface area contributed by atoms with Crippen molar-refractivity contribution in [3.8, 4) is 6.07 Å². The van der Waals surface area contributed by atoms with E-state index in [1.54, 1.807) is 19.9 Å². The summed E-state index contributed by atoms with van der Waals surface area (Å²) >= 11 is 0. The lowest BCUT2D eigenvalue weighted by Gasteiger charge is -2.19. The molecular formula is C15H15F4N3O2. The van der Waals surface area contributed by atoms with Crippen LogP contribution >= 0.6 is 0 Å². The lowest BCUT2D eigenvalue weighted by molar-refractivity contribution is -0.123. The molecule has 2 amide bonds. The molecule has 0 saturated heterocycles. The van der Waals surface area contributed by atoms with Gasteiger partial charge in [0.1, 0.15) is 12.6 Å². The second-order valence-electron chi connectivity index (χ2n) is 5.38. The van der Waals surface area contributed by atoms with E-state index < -0.39 is 46.7 Å². The molecule has 0 saturated carbocycles. The maximum absolute atomic E-state index is 13.6. The van der Waals surface area contributed by atoms with E-state index >= 15 is 0 Å². The Bertz CT molecular complexity index is 686. The zero-order chi connectivity index (χ0) is 18.4. The zero-order valence-corrected chi connectivity index (χ0v) is 12.9. The van der Waals surface area contributed by atoms with E-state index in [4.69, 9.17) is 5.26 Å². The number of benzene rings is 1. The lowest BCUT2D eigenvalue weighted by Crippen LogP contribution is -2.47. The van der Waals surface area contributed by atoms with Crippen molar-refractivity contribution in [2.75, 3.05) is 6.54 Å². The first-order valence-electron chi connectivity index (χ1n) is 6.97. The first-order valence-corrected chi connectivity index (χ1v) is 6.97. The number of nitriles is 1. The molecule has 130 valence electrons. The molecule has 0 bridgehead atoms. The van der Waals surface area contributed by atoms with Crippen LogP contribution in [-0.2, 0) is 4.79 Å². The van der Waals surface area contributed by atoms with E-state index in [1.807, 2.05) is 0 Å². The molecule has 2 N–H and O–H groups in total. The van der Waals surface area contributed by atoms with Crippen molar-refractivity contribution in [1.29, 1.82) is 5.26 Å². The maximum Gasteiger partial charge on any atom is 0.255 e. The van der Waals surface area contributed by atoms with Crippen LogP contribution in [0.3, 0.4) is 0 Å². The van der Waals surface area contributed by atoms with E-state index in [9.17, 15) is 27.2 Å². The number of hydrogen-bond acceptors (Lipinski definition) is 3. The number of rotatable bonds is 6. The van der Waals surface area contributed by atoms with Crippen molar-refractivity contribution in [2.45, 2.75) is 26.3 Å². The topological polar surface area (TPSA) is 82.0 Å². The Labute approximate surface area is 135 Å². The fourth-order valence-electron chi connectivity index (χ4n) is 1.93. The minimum absolute atomic E-state index is 0.0605. The van der Waals surface area contributed by atoms with Crippen LogP contribution in [0.1, 0.15) is 30.6 Å². The van der Waals surface area contributed by atoms with Gasteiger partial charge < -0.3 is 10.6 Å². The minimum atomic E-state index is -2.12. The quantitative estimate of drug-likeness (QED) is 0.358. The summed E-state index contributed by atoms with van der Waals surface area (Å²) in [5.74, 6) is -9.77. The van der Waals surface area contributed by atoms with Crippen molar-refractivity contribution in [2.24, 2.45) is 5.92 Å². The van der Waals surface area contributed by atoms with Gasteiger partial charge >= 0.3 is 0 Å². The van der Waals surface area contributed by atoms with Gasteiger partial charge in [0.05, 0.1) is 11.6 Å². The Balaban J connectivity index is 3.04.